The third-order valence-electron chi connectivity index (χ3n) is 4.09. The first kappa shape index (κ1) is 15.0. The minimum atomic E-state index is -1.32. The second-order valence-electron chi connectivity index (χ2n) is 5.69. The number of rotatable bonds is 4. The van der Waals surface area contributed by atoms with E-state index in [-0.39, 0.29) is 0 Å². The highest BCUT2D eigenvalue weighted by molar-refractivity contribution is 5.80. The van der Waals surface area contributed by atoms with Gasteiger partial charge in [-0.3, -0.25) is 0 Å². The van der Waals surface area contributed by atoms with Crippen molar-refractivity contribution in [2.24, 2.45) is 5.73 Å². The number of aliphatic carboxylic acids is 1. The Morgan fingerprint density at radius 3 is 2.20 bits per heavy atom. The first-order chi connectivity index (χ1) is 9.63. The summed E-state index contributed by atoms with van der Waals surface area (Å²) >= 11 is 0. The molecule has 110 valence electrons. The van der Waals surface area contributed by atoms with E-state index in [4.69, 9.17) is 5.73 Å². The number of hydrogen-bond donors (Lipinski definition) is 2. The summed E-state index contributed by atoms with van der Waals surface area (Å²) < 4.78 is 0. The number of nitrogens with two attached hydrogens (primary N) is 1. The lowest BCUT2D eigenvalue weighted by Crippen LogP contribution is -2.53. The minimum Gasteiger partial charge on any atom is -0.480 e. The van der Waals surface area contributed by atoms with Gasteiger partial charge in [0.2, 0.25) is 0 Å². The van der Waals surface area contributed by atoms with Gasteiger partial charge in [-0.15, -0.1) is 0 Å². The van der Waals surface area contributed by atoms with Gasteiger partial charge < -0.3 is 15.7 Å². The SMILES string of the molecule is NC(CN1CCCCCCC1)(C(=O)O)c1ccccc1. The Kier molecular flexibility index (Phi) is 5.15. The van der Waals surface area contributed by atoms with Gasteiger partial charge in [0.1, 0.15) is 0 Å². The molecule has 1 unspecified atom stereocenters. The molecule has 1 heterocycles. The highest BCUT2D eigenvalue weighted by Crippen LogP contribution is 2.22. The molecule has 0 saturated carbocycles. The molecule has 0 radical (unpaired) electrons. The fraction of sp³-hybridized carbons (Fsp3) is 0.562. The van der Waals surface area contributed by atoms with Crippen molar-refractivity contribution in [1.29, 1.82) is 0 Å². The Morgan fingerprint density at radius 1 is 1.10 bits per heavy atom. The molecule has 1 saturated heterocycles. The van der Waals surface area contributed by atoms with Crippen molar-refractivity contribution in [1.82, 2.24) is 4.90 Å². The topological polar surface area (TPSA) is 66.6 Å². The molecule has 20 heavy (non-hydrogen) atoms. The molecule has 1 aromatic rings. The lowest BCUT2D eigenvalue weighted by atomic mass is 9.90. The van der Waals surface area contributed by atoms with Crippen molar-refractivity contribution in [2.45, 2.75) is 37.6 Å². The first-order valence-corrected chi connectivity index (χ1v) is 7.43. The maximum Gasteiger partial charge on any atom is 0.329 e. The van der Waals surface area contributed by atoms with E-state index >= 15 is 0 Å². The first-order valence-electron chi connectivity index (χ1n) is 7.43. The van der Waals surface area contributed by atoms with Crippen LogP contribution < -0.4 is 5.73 Å². The molecular weight excluding hydrogens is 252 g/mol. The molecule has 0 aromatic heterocycles. The molecule has 0 spiro atoms. The van der Waals surface area contributed by atoms with Crippen molar-refractivity contribution in [2.75, 3.05) is 19.6 Å². The maximum atomic E-state index is 11.7. The number of carboxylic acid groups (broad SMARTS) is 1. The van der Waals surface area contributed by atoms with Gasteiger partial charge in [0.15, 0.2) is 5.54 Å². The Morgan fingerprint density at radius 2 is 1.65 bits per heavy atom. The Balaban J connectivity index is 2.14. The molecule has 3 N–H and O–H groups in total. The zero-order chi connectivity index (χ0) is 14.4. The molecule has 0 aliphatic carbocycles. The Labute approximate surface area is 120 Å². The quantitative estimate of drug-likeness (QED) is 0.884. The van der Waals surface area contributed by atoms with E-state index in [2.05, 4.69) is 4.90 Å². The van der Waals surface area contributed by atoms with Crippen molar-refractivity contribution in [3.05, 3.63) is 35.9 Å². The molecule has 1 fully saturated rings. The van der Waals surface area contributed by atoms with Crippen LogP contribution in [0.5, 0.6) is 0 Å². The van der Waals surface area contributed by atoms with E-state index in [0.29, 0.717) is 12.1 Å². The van der Waals surface area contributed by atoms with Gasteiger partial charge in [-0.1, -0.05) is 49.6 Å². The summed E-state index contributed by atoms with van der Waals surface area (Å²) in [4.78, 5) is 13.9. The molecule has 4 heteroatoms. The number of hydrogen-bond acceptors (Lipinski definition) is 3. The Hall–Kier alpha value is -1.39. The minimum absolute atomic E-state index is 0.381. The van der Waals surface area contributed by atoms with Crippen LogP contribution in [-0.2, 0) is 10.3 Å². The van der Waals surface area contributed by atoms with Gasteiger partial charge in [0.25, 0.3) is 0 Å². The van der Waals surface area contributed by atoms with E-state index in [0.717, 1.165) is 25.9 Å². The molecule has 1 aliphatic heterocycles. The van der Waals surface area contributed by atoms with Crippen LogP contribution in [0.25, 0.3) is 0 Å². The van der Waals surface area contributed by atoms with E-state index in [1.807, 2.05) is 18.2 Å². The smallest absolute Gasteiger partial charge is 0.329 e. The van der Waals surface area contributed by atoms with Crippen molar-refractivity contribution in [3.63, 3.8) is 0 Å². The summed E-state index contributed by atoms with van der Waals surface area (Å²) in [5.74, 6) is -0.953. The molecule has 2 rings (SSSR count). The van der Waals surface area contributed by atoms with Crippen molar-refractivity contribution < 1.29 is 9.90 Å². The van der Waals surface area contributed by atoms with Gasteiger partial charge in [-0.2, -0.15) is 0 Å². The third kappa shape index (κ3) is 3.58. The molecular formula is C16H24N2O2. The summed E-state index contributed by atoms with van der Waals surface area (Å²) in [6.07, 6.45) is 6.01. The van der Waals surface area contributed by atoms with Crippen molar-refractivity contribution in [3.8, 4) is 0 Å². The molecule has 4 nitrogen and oxygen atoms in total. The molecule has 0 amide bonds. The lowest BCUT2D eigenvalue weighted by Gasteiger charge is -2.33. The summed E-state index contributed by atoms with van der Waals surface area (Å²) in [6.45, 7) is 2.27. The van der Waals surface area contributed by atoms with Crippen LogP contribution in [0.2, 0.25) is 0 Å². The van der Waals surface area contributed by atoms with Crippen LogP contribution in [-0.4, -0.2) is 35.6 Å². The summed E-state index contributed by atoms with van der Waals surface area (Å²) in [6, 6.07) is 9.17. The van der Waals surface area contributed by atoms with Crippen LogP contribution in [0.1, 0.15) is 37.7 Å². The van der Waals surface area contributed by atoms with Crippen LogP contribution in [0.3, 0.4) is 0 Å². The van der Waals surface area contributed by atoms with Gasteiger partial charge in [-0.25, -0.2) is 4.79 Å². The highest BCUT2D eigenvalue weighted by atomic mass is 16.4. The average molecular weight is 276 g/mol. The Bertz CT molecular complexity index is 427. The standard InChI is InChI=1S/C16H24N2O2/c17-16(15(19)20,14-9-5-4-6-10-14)13-18-11-7-2-1-3-8-12-18/h4-6,9-10H,1-3,7-8,11-13,17H2,(H,19,20). The molecule has 1 atom stereocenters. The van der Waals surface area contributed by atoms with Crippen LogP contribution in [0.15, 0.2) is 30.3 Å². The zero-order valence-corrected chi connectivity index (χ0v) is 11.9. The van der Waals surface area contributed by atoms with E-state index in [1.54, 1.807) is 12.1 Å². The second kappa shape index (κ2) is 6.86. The maximum absolute atomic E-state index is 11.7. The normalized spacial score (nSPS) is 20.6. The number of nitrogens with zero attached hydrogens (tertiary/aromatic N) is 1. The van der Waals surface area contributed by atoms with Crippen LogP contribution in [0, 0.1) is 0 Å². The van der Waals surface area contributed by atoms with Crippen LogP contribution >= 0.6 is 0 Å². The second-order valence-corrected chi connectivity index (χ2v) is 5.69. The van der Waals surface area contributed by atoms with Gasteiger partial charge in [0.05, 0.1) is 0 Å². The summed E-state index contributed by atoms with van der Waals surface area (Å²) in [5.41, 5.74) is 5.60. The number of benzene rings is 1. The fourth-order valence-electron chi connectivity index (χ4n) is 2.84. The average Bonchev–Trinajstić information content (AvgIpc) is 2.42. The summed E-state index contributed by atoms with van der Waals surface area (Å²) in [5, 5.41) is 9.59. The molecule has 0 bridgehead atoms. The fourth-order valence-corrected chi connectivity index (χ4v) is 2.84. The van der Waals surface area contributed by atoms with E-state index < -0.39 is 11.5 Å². The zero-order valence-electron chi connectivity index (χ0n) is 11.9. The predicted octanol–water partition coefficient (Wildman–Crippen LogP) is 2.19. The third-order valence-corrected chi connectivity index (χ3v) is 4.09. The van der Waals surface area contributed by atoms with Gasteiger partial charge >= 0.3 is 5.97 Å². The van der Waals surface area contributed by atoms with Gasteiger partial charge in [-0.05, 0) is 31.5 Å². The number of likely N-dealkylation sites (tertiary alicyclic amines) is 1. The van der Waals surface area contributed by atoms with E-state index in [9.17, 15) is 9.90 Å². The van der Waals surface area contributed by atoms with E-state index in [1.165, 1.54) is 19.3 Å². The predicted molar refractivity (Wildman–Crippen MR) is 79.5 cm³/mol. The lowest BCUT2D eigenvalue weighted by molar-refractivity contribution is -0.144. The largest absolute Gasteiger partial charge is 0.480 e. The number of carboxylic acids is 1. The van der Waals surface area contributed by atoms with Crippen LogP contribution in [0.4, 0.5) is 0 Å². The highest BCUT2D eigenvalue weighted by Gasteiger charge is 2.37. The van der Waals surface area contributed by atoms with Gasteiger partial charge in [0, 0.05) is 6.54 Å². The molecule has 1 aromatic carbocycles. The summed E-state index contributed by atoms with van der Waals surface area (Å²) in [7, 11) is 0. The van der Waals surface area contributed by atoms with Crippen molar-refractivity contribution >= 4 is 5.97 Å². The monoisotopic (exact) mass is 276 g/mol. The molecule has 1 aliphatic rings. The number of carbonyl (C=O) groups is 1.